The molecule has 0 aromatic heterocycles. The zero-order valence-electron chi connectivity index (χ0n) is 20.1. The van der Waals surface area contributed by atoms with E-state index in [9.17, 15) is 0 Å². The normalized spacial score (nSPS) is 20.9. The Balaban J connectivity index is 1.67. The molecule has 0 amide bonds. The molecule has 0 fully saturated rings. The van der Waals surface area contributed by atoms with Gasteiger partial charge < -0.3 is 18.6 Å². The molecule has 5 heteroatoms. The first kappa shape index (κ1) is 25.1. The largest absolute Gasteiger partial charge is 0.497 e. The van der Waals surface area contributed by atoms with E-state index in [4.69, 9.17) is 18.6 Å². The fourth-order valence-electron chi connectivity index (χ4n) is 3.31. The van der Waals surface area contributed by atoms with E-state index in [2.05, 4.69) is 65.1 Å². The first-order valence-electron chi connectivity index (χ1n) is 11.3. The molecule has 1 aliphatic rings. The number of rotatable bonds is 11. The number of benzene rings is 1. The van der Waals surface area contributed by atoms with Crippen LogP contribution < -0.4 is 4.74 Å². The Morgan fingerprint density at radius 2 is 1.87 bits per heavy atom. The second-order valence-electron chi connectivity index (χ2n) is 10.1. The van der Waals surface area contributed by atoms with Gasteiger partial charge in [0.25, 0.3) is 0 Å². The van der Waals surface area contributed by atoms with E-state index in [0.717, 1.165) is 38.2 Å². The molecule has 1 aliphatic heterocycles. The molecule has 0 spiro atoms. The molecule has 0 radical (unpaired) electrons. The Morgan fingerprint density at radius 1 is 1.17 bits per heavy atom. The van der Waals surface area contributed by atoms with Gasteiger partial charge in [-0.15, -0.1) is 0 Å². The van der Waals surface area contributed by atoms with Crippen molar-refractivity contribution in [3.8, 4) is 5.75 Å². The zero-order valence-corrected chi connectivity index (χ0v) is 21.1. The first-order chi connectivity index (χ1) is 14.1. The van der Waals surface area contributed by atoms with E-state index in [1.54, 1.807) is 7.11 Å². The summed E-state index contributed by atoms with van der Waals surface area (Å²) >= 11 is 0. The highest BCUT2D eigenvalue weighted by Gasteiger charge is 2.37. The Morgan fingerprint density at radius 3 is 2.50 bits per heavy atom. The van der Waals surface area contributed by atoms with Crippen molar-refractivity contribution >= 4 is 8.32 Å². The van der Waals surface area contributed by atoms with Crippen LogP contribution >= 0.6 is 0 Å². The number of ether oxygens (including phenoxy) is 3. The van der Waals surface area contributed by atoms with E-state index in [0.29, 0.717) is 12.5 Å². The monoisotopic (exact) mass is 434 g/mol. The van der Waals surface area contributed by atoms with Crippen molar-refractivity contribution in [3.05, 3.63) is 42.0 Å². The lowest BCUT2D eigenvalue weighted by Gasteiger charge is -2.36. The van der Waals surface area contributed by atoms with Gasteiger partial charge >= 0.3 is 0 Å². The van der Waals surface area contributed by atoms with Crippen LogP contribution in [0.15, 0.2) is 36.4 Å². The molecule has 3 atom stereocenters. The maximum atomic E-state index is 6.33. The summed E-state index contributed by atoms with van der Waals surface area (Å²) in [6.07, 6.45) is 7.86. The minimum absolute atomic E-state index is 0.168. The summed E-state index contributed by atoms with van der Waals surface area (Å²) in [6, 6.07) is 8.04. The van der Waals surface area contributed by atoms with E-state index in [1.165, 1.54) is 5.56 Å². The standard InChI is InChI=1S/C25H42O4Si/c1-20(18-27-19-21-11-13-22(26-5)14-12-21)17-24-10-8-9-23(29-24)15-16-28-30(6,7)25(2,3)4/h8-9,11-14,20,23-24H,10,15-19H2,1-7H3/t20-,23-,24-/m0/s1. The minimum Gasteiger partial charge on any atom is -0.497 e. The summed E-state index contributed by atoms with van der Waals surface area (Å²) in [7, 11) is -0.00201. The van der Waals surface area contributed by atoms with Gasteiger partial charge in [0, 0.05) is 13.2 Å². The molecular formula is C25H42O4Si. The maximum Gasteiger partial charge on any atom is 0.191 e. The Labute approximate surface area is 185 Å². The molecule has 0 bridgehead atoms. The Bertz CT molecular complexity index is 648. The summed E-state index contributed by atoms with van der Waals surface area (Å²) in [4.78, 5) is 0. The van der Waals surface area contributed by atoms with Gasteiger partial charge in [0.2, 0.25) is 0 Å². The van der Waals surface area contributed by atoms with Gasteiger partial charge in [-0.05, 0) is 61.0 Å². The van der Waals surface area contributed by atoms with Gasteiger partial charge in [0.1, 0.15) is 5.75 Å². The third-order valence-electron chi connectivity index (χ3n) is 6.28. The van der Waals surface area contributed by atoms with Crippen molar-refractivity contribution in [2.75, 3.05) is 20.3 Å². The molecule has 1 aromatic carbocycles. The van der Waals surface area contributed by atoms with Crippen molar-refractivity contribution in [3.63, 3.8) is 0 Å². The van der Waals surface area contributed by atoms with Crippen molar-refractivity contribution in [1.82, 2.24) is 0 Å². The molecule has 1 heterocycles. The molecule has 30 heavy (non-hydrogen) atoms. The summed E-state index contributed by atoms with van der Waals surface area (Å²) in [5.74, 6) is 1.34. The fourth-order valence-corrected chi connectivity index (χ4v) is 4.37. The Kier molecular flexibility index (Phi) is 9.60. The van der Waals surface area contributed by atoms with Gasteiger partial charge in [-0.2, -0.15) is 0 Å². The smallest absolute Gasteiger partial charge is 0.191 e. The van der Waals surface area contributed by atoms with E-state index < -0.39 is 8.32 Å². The second kappa shape index (κ2) is 11.5. The van der Waals surface area contributed by atoms with E-state index in [-0.39, 0.29) is 17.2 Å². The number of hydrogen-bond donors (Lipinski definition) is 0. The highest BCUT2D eigenvalue weighted by molar-refractivity contribution is 6.74. The van der Waals surface area contributed by atoms with Crippen molar-refractivity contribution in [2.24, 2.45) is 5.92 Å². The van der Waals surface area contributed by atoms with Crippen molar-refractivity contribution in [2.45, 2.75) is 83.9 Å². The molecule has 0 unspecified atom stereocenters. The van der Waals surface area contributed by atoms with Crippen LogP contribution in [0.3, 0.4) is 0 Å². The maximum absolute atomic E-state index is 6.33. The summed E-state index contributed by atoms with van der Waals surface area (Å²) in [6.45, 7) is 15.9. The average Bonchev–Trinajstić information content (AvgIpc) is 2.68. The summed E-state index contributed by atoms with van der Waals surface area (Å²) in [5.41, 5.74) is 1.17. The lowest BCUT2D eigenvalue weighted by Crippen LogP contribution is -2.41. The van der Waals surface area contributed by atoms with E-state index >= 15 is 0 Å². The highest BCUT2D eigenvalue weighted by Crippen LogP contribution is 2.36. The third-order valence-corrected chi connectivity index (χ3v) is 10.8. The minimum atomic E-state index is -1.68. The van der Waals surface area contributed by atoms with Crippen LogP contribution in [-0.4, -0.2) is 40.8 Å². The van der Waals surface area contributed by atoms with Crippen LogP contribution in [-0.2, 0) is 20.5 Å². The third kappa shape index (κ3) is 8.18. The van der Waals surface area contributed by atoms with Crippen LogP contribution in [0.5, 0.6) is 5.75 Å². The molecule has 170 valence electrons. The van der Waals surface area contributed by atoms with Gasteiger partial charge in [0.15, 0.2) is 8.32 Å². The van der Waals surface area contributed by atoms with Gasteiger partial charge in [-0.3, -0.25) is 0 Å². The van der Waals surface area contributed by atoms with Gasteiger partial charge in [-0.1, -0.05) is 52.0 Å². The predicted octanol–water partition coefficient (Wildman–Crippen LogP) is 6.36. The van der Waals surface area contributed by atoms with Crippen LogP contribution in [0.2, 0.25) is 18.1 Å². The highest BCUT2D eigenvalue weighted by atomic mass is 28.4. The lowest BCUT2D eigenvalue weighted by atomic mass is 9.99. The van der Waals surface area contributed by atoms with Crippen LogP contribution in [0.1, 0.15) is 52.5 Å². The van der Waals surface area contributed by atoms with Gasteiger partial charge in [-0.25, -0.2) is 0 Å². The summed E-state index contributed by atoms with van der Waals surface area (Å²) in [5, 5.41) is 0.250. The van der Waals surface area contributed by atoms with Gasteiger partial charge in [0.05, 0.1) is 25.9 Å². The molecule has 0 saturated heterocycles. The quantitative estimate of drug-likeness (QED) is 0.300. The molecular weight excluding hydrogens is 392 g/mol. The molecule has 0 aliphatic carbocycles. The molecule has 4 nitrogen and oxygen atoms in total. The molecule has 0 N–H and O–H groups in total. The second-order valence-corrected chi connectivity index (χ2v) is 14.9. The van der Waals surface area contributed by atoms with Crippen molar-refractivity contribution in [1.29, 1.82) is 0 Å². The SMILES string of the molecule is COc1ccc(COC[C@@H](C)C[C@@H]2CC=C[C@@H](CCO[Si](C)(C)C(C)(C)C)O2)cc1. The van der Waals surface area contributed by atoms with Crippen LogP contribution in [0.25, 0.3) is 0 Å². The lowest BCUT2D eigenvalue weighted by molar-refractivity contribution is -0.0234. The number of methoxy groups -OCH3 is 1. The van der Waals surface area contributed by atoms with Crippen LogP contribution in [0.4, 0.5) is 0 Å². The topological polar surface area (TPSA) is 36.9 Å². The molecule has 0 saturated carbocycles. The van der Waals surface area contributed by atoms with Crippen LogP contribution in [0, 0.1) is 5.92 Å². The zero-order chi connectivity index (χ0) is 22.2. The first-order valence-corrected chi connectivity index (χ1v) is 14.2. The summed E-state index contributed by atoms with van der Waals surface area (Å²) < 4.78 is 23.8. The number of hydrogen-bond acceptors (Lipinski definition) is 4. The molecule has 1 aromatic rings. The fraction of sp³-hybridized carbons (Fsp3) is 0.680. The average molecular weight is 435 g/mol. The molecule has 2 rings (SSSR count). The van der Waals surface area contributed by atoms with E-state index in [1.807, 2.05) is 12.1 Å². The van der Waals surface area contributed by atoms with Crippen molar-refractivity contribution < 1.29 is 18.6 Å². The predicted molar refractivity (Wildman–Crippen MR) is 127 cm³/mol. The Hall–Kier alpha value is -1.14.